The van der Waals surface area contributed by atoms with Gasteiger partial charge in [-0.3, -0.25) is 4.79 Å². The fourth-order valence-electron chi connectivity index (χ4n) is 1.99. The topological polar surface area (TPSA) is 64.9 Å². The number of nitrogens with zero attached hydrogens (tertiary/aromatic N) is 1. The molecule has 0 aliphatic heterocycles. The summed E-state index contributed by atoms with van der Waals surface area (Å²) in [5.41, 5.74) is 2.73. The maximum Gasteiger partial charge on any atom is 0.267 e. The van der Waals surface area contributed by atoms with Crippen LogP contribution < -0.4 is 10.6 Å². The van der Waals surface area contributed by atoms with Crippen molar-refractivity contribution >= 4 is 17.3 Å². The van der Waals surface area contributed by atoms with Gasteiger partial charge in [-0.2, -0.15) is 5.26 Å². The standard InChI is InChI=1S/C19H19N3O/c1-14(2)15-8-10-17(11-9-15)21-13-16(12-20)19(23)22-18-6-4-3-5-7-18/h3-11,13-14,21H,1-2H3,(H,22,23)/b16-13+. The summed E-state index contributed by atoms with van der Waals surface area (Å²) in [4.78, 5) is 12.1. The molecule has 0 fully saturated rings. The second-order valence-corrected chi connectivity index (χ2v) is 5.41. The number of nitriles is 1. The summed E-state index contributed by atoms with van der Waals surface area (Å²) in [5, 5.41) is 14.8. The smallest absolute Gasteiger partial charge is 0.267 e. The summed E-state index contributed by atoms with van der Waals surface area (Å²) >= 11 is 0. The van der Waals surface area contributed by atoms with Gasteiger partial charge in [-0.25, -0.2) is 0 Å². The van der Waals surface area contributed by atoms with E-state index in [1.165, 1.54) is 11.8 Å². The fraction of sp³-hybridized carbons (Fsp3) is 0.158. The van der Waals surface area contributed by atoms with E-state index in [4.69, 9.17) is 5.26 Å². The van der Waals surface area contributed by atoms with E-state index >= 15 is 0 Å². The second-order valence-electron chi connectivity index (χ2n) is 5.41. The van der Waals surface area contributed by atoms with Crippen molar-refractivity contribution in [3.05, 3.63) is 71.9 Å². The van der Waals surface area contributed by atoms with Crippen molar-refractivity contribution < 1.29 is 4.79 Å². The normalized spacial score (nSPS) is 11.0. The van der Waals surface area contributed by atoms with Crippen LogP contribution in [0.2, 0.25) is 0 Å². The number of carbonyl (C=O) groups is 1. The minimum atomic E-state index is -0.440. The number of para-hydroxylation sites is 1. The monoisotopic (exact) mass is 305 g/mol. The molecule has 0 spiro atoms. The van der Waals surface area contributed by atoms with Gasteiger partial charge in [0.1, 0.15) is 11.6 Å². The lowest BCUT2D eigenvalue weighted by molar-refractivity contribution is -0.112. The third kappa shape index (κ3) is 4.72. The Morgan fingerprint density at radius 3 is 2.26 bits per heavy atom. The highest BCUT2D eigenvalue weighted by molar-refractivity contribution is 6.06. The Kier molecular flexibility index (Phi) is 5.54. The molecule has 0 saturated heterocycles. The number of hydrogen-bond donors (Lipinski definition) is 2. The van der Waals surface area contributed by atoms with E-state index < -0.39 is 5.91 Å². The molecule has 0 saturated carbocycles. The fourth-order valence-corrected chi connectivity index (χ4v) is 1.99. The molecular weight excluding hydrogens is 286 g/mol. The van der Waals surface area contributed by atoms with Crippen LogP contribution in [-0.4, -0.2) is 5.91 Å². The van der Waals surface area contributed by atoms with Crippen molar-refractivity contribution in [2.75, 3.05) is 10.6 Å². The van der Waals surface area contributed by atoms with Crippen LogP contribution in [-0.2, 0) is 4.79 Å². The number of anilines is 2. The van der Waals surface area contributed by atoms with E-state index in [0.29, 0.717) is 11.6 Å². The molecule has 4 heteroatoms. The van der Waals surface area contributed by atoms with Crippen molar-refractivity contribution in [2.24, 2.45) is 0 Å². The van der Waals surface area contributed by atoms with Gasteiger partial charge in [-0.1, -0.05) is 44.2 Å². The van der Waals surface area contributed by atoms with Gasteiger partial charge in [-0.15, -0.1) is 0 Å². The van der Waals surface area contributed by atoms with Crippen molar-refractivity contribution in [1.82, 2.24) is 0 Å². The number of carbonyl (C=O) groups excluding carboxylic acids is 1. The van der Waals surface area contributed by atoms with E-state index in [1.54, 1.807) is 12.1 Å². The third-order valence-corrected chi connectivity index (χ3v) is 3.36. The van der Waals surface area contributed by atoms with Crippen LogP contribution in [0.1, 0.15) is 25.3 Å². The summed E-state index contributed by atoms with van der Waals surface area (Å²) in [6.07, 6.45) is 1.42. The Bertz CT molecular complexity index is 725. The Hall–Kier alpha value is -3.06. The first-order valence-corrected chi connectivity index (χ1v) is 7.43. The van der Waals surface area contributed by atoms with Gasteiger partial charge in [0.05, 0.1) is 0 Å². The van der Waals surface area contributed by atoms with Crippen LogP contribution in [0.25, 0.3) is 0 Å². The first kappa shape index (κ1) is 16.3. The predicted octanol–water partition coefficient (Wildman–Crippen LogP) is 4.27. The van der Waals surface area contributed by atoms with Crippen LogP contribution in [0.5, 0.6) is 0 Å². The third-order valence-electron chi connectivity index (χ3n) is 3.36. The maximum atomic E-state index is 12.1. The summed E-state index contributed by atoms with van der Waals surface area (Å²) in [7, 11) is 0. The molecule has 0 bridgehead atoms. The molecule has 23 heavy (non-hydrogen) atoms. The SMILES string of the molecule is CC(C)c1ccc(N/C=C(\C#N)C(=O)Nc2ccccc2)cc1. The number of rotatable bonds is 5. The molecule has 2 aromatic rings. The minimum Gasteiger partial charge on any atom is -0.360 e. The van der Waals surface area contributed by atoms with Crippen molar-refractivity contribution in [1.29, 1.82) is 5.26 Å². The predicted molar refractivity (Wildman–Crippen MR) is 92.9 cm³/mol. The zero-order chi connectivity index (χ0) is 16.7. The Balaban J connectivity index is 2.04. The molecular formula is C19H19N3O. The van der Waals surface area contributed by atoms with Crippen LogP contribution in [0.3, 0.4) is 0 Å². The molecule has 0 aliphatic carbocycles. The second kappa shape index (κ2) is 7.81. The highest BCUT2D eigenvalue weighted by Gasteiger charge is 2.09. The minimum absolute atomic E-state index is 0.0155. The van der Waals surface area contributed by atoms with E-state index in [-0.39, 0.29) is 5.57 Å². The number of hydrogen-bond acceptors (Lipinski definition) is 3. The summed E-state index contributed by atoms with van der Waals surface area (Å²) in [5.74, 6) is 0.0240. The van der Waals surface area contributed by atoms with E-state index in [9.17, 15) is 4.79 Å². The van der Waals surface area contributed by atoms with Gasteiger partial charge in [0.25, 0.3) is 5.91 Å². The highest BCUT2D eigenvalue weighted by atomic mass is 16.1. The summed E-state index contributed by atoms with van der Waals surface area (Å²) in [6.45, 7) is 4.26. The van der Waals surface area contributed by atoms with Gasteiger partial charge >= 0.3 is 0 Å². The van der Waals surface area contributed by atoms with Crippen LogP contribution in [0.4, 0.5) is 11.4 Å². The van der Waals surface area contributed by atoms with Crippen molar-refractivity contribution in [2.45, 2.75) is 19.8 Å². The molecule has 2 N–H and O–H groups in total. The molecule has 0 aliphatic rings. The molecule has 0 radical (unpaired) electrons. The molecule has 2 aromatic carbocycles. The van der Waals surface area contributed by atoms with E-state index in [1.807, 2.05) is 48.5 Å². The first-order chi connectivity index (χ1) is 11.1. The van der Waals surface area contributed by atoms with Gasteiger partial charge in [0.15, 0.2) is 0 Å². The van der Waals surface area contributed by atoms with Gasteiger partial charge in [0, 0.05) is 17.6 Å². The Morgan fingerprint density at radius 2 is 1.70 bits per heavy atom. The highest BCUT2D eigenvalue weighted by Crippen LogP contribution is 2.17. The molecule has 0 unspecified atom stereocenters. The van der Waals surface area contributed by atoms with Gasteiger partial charge in [-0.05, 0) is 35.7 Å². The maximum absolute atomic E-state index is 12.1. The van der Waals surface area contributed by atoms with Gasteiger partial charge in [0.2, 0.25) is 0 Å². The average molecular weight is 305 g/mol. The molecule has 116 valence electrons. The molecule has 2 rings (SSSR count). The molecule has 1 amide bonds. The molecule has 0 heterocycles. The largest absolute Gasteiger partial charge is 0.360 e. The summed E-state index contributed by atoms with van der Waals surface area (Å²) < 4.78 is 0. The Morgan fingerprint density at radius 1 is 1.04 bits per heavy atom. The zero-order valence-electron chi connectivity index (χ0n) is 13.2. The lowest BCUT2D eigenvalue weighted by Gasteiger charge is -2.07. The van der Waals surface area contributed by atoms with Crippen LogP contribution in [0.15, 0.2) is 66.4 Å². The molecule has 4 nitrogen and oxygen atoms in total. The number of nitrogens with one attached hydrogen (secondary N) is 2. The van der Waals surface area contributed by atoms with Crippen LogP contribution >= 0.6 is 0 Å². The van der Waals surface area contributed by atoms with Crippen molar-refractivity contribution in [3.63, 3.8) is 0 Å². The Labute approximate surface area is 136 Å². The van der Waals surface area contributed by atoms with Crippen molar-refractivity contribution in [3.8, 4) is 6.07 Å². The van der Waals surface area contributed by atoms with E-state index in [2.05, 4.69) is 24.5 Å². The zero-order valence-corrected chi connectivity index (χ0v) is 13.2. The summed E-state index contributed by atoms with van der Waals surface area (Å²) in [6, 6.07) is 18.8. The van der Waals surface area contributed by atoms with Crippen LogP contribution in [0, 0.1) is 11.3 Å². The number of benzene rings is 2. The first-order valence-electron chi connectivity index (χ1n) is 7.43. The van der Waals surface area contributed by atoms with Gasteiger partial charge < -0.3 is 10.6 Å². The lowest BCUT2D eigenvalue weighted by atomic mass is 10.0. The average Bonchev–Trinajstić information content (AvgIpc) is 2.56. The quantitative estimate of drug-likeness (QED) is 0.640. The molecule has 0 atom stereocenters. The molecule has 0 aromatic heterocycles. The lowest BCUT2D eigenvalue weighted by Crippen LogP contribution is -2.14. The number of amides is 1. The van der Waals surface area contributed by atoms with E-state index in [0.717, 1.165) is 5.69 Å².